The van der Waals surface area contributed by atoms with Crippen LogP contribution in [-0.2, 0) is 4.74 Å². The molecule has 3 heterocycles. The summed E-state index contributed by atoms with van der Waals surface area (Å²) in [4.78, 5) is 14.7. The molecule has 1 fully saturated rings. The normalized spacial score (nSPS) is 35.6. The number of rotatable bonds is 1. The van der Waals surface area contributed by atoms with E-state index < -0.39 is 30.1 Å². The molecule has 0 amide bonds. The Kier molecular flexibility index (Phi) is 2.00. The minimum absolute atomic E-state index is 0.137. The Balaban J connectivity index is 1.99. The van der Waals surface area contributed by atoms with E-state index in [0.29, 0.717) is 0 Å². The summed E-state index contributed by atoms with van der Waals surface area (Å²) in [7, 11) is 0. The molecule has 0 saturated carbocycles. The van der Waals surface area contributed by atoms with E-state index in [1.165, 1.54) is 16.8 Å². The second-order valence-electron chi connectivity index (χ2n) is 3.78. The molecule has 4 atom stereocenters. The molecule has 7 heteroatoms. The molecular weight excluding hydrogens is 216 g/mol. The van der Waals surface area contributed by atoms with Gasteiger partial charge in [0, 0.05) is 12.3 Å². The molecule has 1 saturated heterocycles. The lowest BCUT2D eigenvalue weighted by Crippen LogP contribution is -2.34. The Labute approximate surface area is 89.9 Å². The summed E-state index contributed by atoms with van der Waals surface area (Å²) < 4.78 is 12.3. The van der Waals surface area contributed by atoms with Gasteiger partial charge in [-0.05, 0) is 0 Å². The summed E-state index contributed by atoms with van der Waals surface area (Å²) in [6.45, 7) is -0.277. The molecule has 0 radical (unpaired) electrons. The summed E-state index contributed by atoms with van der Waals surface area (Å²) in [5, 5.41) is 18.7. The van der Waals surface area contributed by atoms with Crippen LogP contribution in [0.25, 0.3) is 0 Å². The fourth-order valence-electron chi connectivity index (χ4n) is 2.02. The highest BCUT2D eigenvalue weighted by molar-refractivity contribution is 5.10. The van der Waals surface area contributed by atoms with Crippen LogP contribution < -0.4 is 10.3 Å². The summed E-state index contributed by atoms with van der Waals surface area (Å²) in [5.41, 5.74) is -0.403. The van der Waals surface area contributed by atoms with Crippen molar-refractivity contribution in [1.29, 1.82) is 0 Å². The lowest BCUT2D eigenvalue weighted by molar-refractivity contribution is -0.0434. The van der Waals surface area contributed by atoms with E-state index in [2.05, 4.69) is 4.98 Å². The van der Waals surface area contributed by atoms with E-state index in [0.717, 1.165) is 0 Å². The van der Waals surface area contributed by atoms with Gasteiger partial charge in [0.15, 0.2) is 12.3 Å². The lowest BCUT2D eigenvalue weighted by Gasteiger charge is -2.13. The highest BCUT2D eigenvalue weighted by Crippen LogP contribution is 2.38. The van der Waals surface area contributed by atoms with Gasteiger partial charge in [-0.3, -0.25) is 9.36 Å². The molecule has 3 rings (SSSR count). The molecular formula is C9H10N2O5. The number of aliphatic hydroxyl groups is 2. The summed E-state index contributed by atoms with van der Waals surface area (Å²) in [6, 6.07) is 1.43. The first-order valence-corrected chi connectivity index (χ1v) is 4.91. The molecule has 1 aromatic rings. The molecule has 2 aliphatic rings. The molecule has 1 aromatic heterocycles. The van der Waals surface area contributed by atoms with Gasteiger partial charge in [-0.15, -0.1) is 0 Å². The average Bonchev–Trinajstić information content (AvgIpc) is 2.75. The van der Waals surface area contributed by atoms with Gasteiger partial charge in [0.05, 0.1) is 6.61 Å². The second-order valence-corrected chi connectivity index (χ2v) is 3.78. The Morgan fingerprint density at radius 3 is 3.12 bits per heavy atom. The highest BCUT2D eigenvalue weighted by atomic mass is 16.6. The molecule has 2 aliphatic heterocycles. The van der Waals surface area contributed by atoms with Gasteiger partial charge >= 0.3 is 6.01 Å². The molecule has 0 spiro atoms. The molecule has 1 unspecified atom stereocenters. The maximum absolute atomic E-state index is 11.0. The quantitative estimate of drug-likeness (QED) is 0.590. The van der Waals surface area contributed by atoms with Crippen LogP contribution in [0.5, 0.6) is 6.01 Å². The predicted octanol–water partition coefficient (Wildman–Crippen LogP) is -1.75. The number of hydrogen-bond acceptors (Lipinski definition) is 6. The number of ether oxygens (including phenoxy) is 2. The number of fused-ring (bicyclic) bond motifs is 3. The Morgan fingerprint density at radius 2 is 2.38 bits per heavy atom. The third-order valence-corrected chi connectivity index (χ3v) is 2.81. The van der Waals surface area contributed by atoms with Gasteiger partial charge in [0.2, 0.25) is 0 Å². The zero-order chi connectivity index (χ0) is 11.3. The van der Waals surface area contributed by atoms with Crippen LogP contribution in [0.15, 0.2) is 17.1 Å². The fraction of sp³-hybridized carbons (Fsp3) is 0.556. The van der Waals surface area contributed by atoms with Gasteiger partial charge < -0.3 is 19.7 Å². The van der Waals surface area contributed by atoms with Crippen molar-refractivity contribution >= 4 is 0 Å². The van der Waals surface area contributed by atoms with Crippen LogP contribution in [0.3, 0.4) is 0 Å². The van der Waals surface area contributed by atoms with Crippen LogP contribution in [-0.4, -0.2) is 44.7 Å². The first-order valence-electron chi connectivity index (χ1n) is 4.91. The third kappa shape index (κ3) is 1.19. The number of nitrogens with zero attached hydrogens (tertiary/aromatic N) is 2. The molecule has 0 aliphatic carbocycles. The van der Waals surface area contributed by atoms with Gasteiger partial charge in [-0.1, -0.05) is 0 Å². The van der Waals surface area contributed by atoms with E-state index >= 15 is 0 Å². The summed E-state index contributed by atoms with van der Waals surface area (Å²) >= 11 is 0. The number of aromatic nitrogens is 2. The molecule has 0 aromatic carbocycles. The number of aliphatic hydroxyl groups excluding tert-OH is 2. The third-order valence-electron chi connectivity index (χ3n) is 2.81. The van der Waals surface area contributed by atoms with Gasteiger partial charge in [-0.2, -0.15) is 4.98 Å². The molecule has 86 valence electrons. The standard InChI is InChI=1S/C9H10N2O5/c12-3-4-6(14)7-8(15-4)11-2-1-5(13)10-9(11)16-7/h1-2,4,6-8,12,14H,3H2/t4-,6+,7?,8+/m0/s1. The minimum Gasteiger partial charge on any atom is -0.453 e. The van der Waals surface area contributed by atoms with Crippen molar-refractivity contribution in [2.75, 3.05) is 6.61 Å². The maximum atomic E-state index is 11.0. The van der Waals surface area contributed by atoms with E-state index in [4.69, 9.17) is 14.6 Å². The monoisotopic (exact) mass is 226 g/mol. The van der Waals surface area contributed by atoms with Crippen LogP contribution in [0.1, 0.15) is 6.23 Å². The van der Waals surface area contributed by atoms with Crippen molar-refractivity contribution in [3.63, 3.8) is 0 Å². The second kappa shape index (κ2) is 3.27. The zero-order valence-electron chi connectivity index (χ0n) is 8.18. The van der Waals surface area contributed by atoms with Crippen molar-refractivity contribution in [2.45, 2.75) is 24.5 Å². The predicted molar refractivity (Wildman–Crippen MR) is 49.9 cm³/mol. The fourth-order valence-corrected chi connectivity index (χ4v) is 2.02. The lowest BCUT2D eigenvalue weighted by atomic mass is 10.1. The highest BCUT2D eigenvalue weighted by Gasteiger charge is 2.50. The Bertz CT molecular complexity index is 473. The van der Waals surface area contributed by atoms with Crippen molar-refractivity contribution < 1.29 is 19.7 Å². The molecule has 16 heavy (non-hydrogen) atoms. The summed E-state index contributed by atoms with van der Waals surface area (Å²) in [6.07, 6.45) is -1.24. The largest absolute Gasteiger partial charge is 0.453 e. The smallest absolute Gasteiger partial charge is 0.302 e. The Hall–Kier alpha value is -1.44. The topological polar surface area (TPSA) is 93.8 Å². The molecule has 7 nitrogen and oxygen atoms in total. The van der Waals surface area contributed by atoms with Gasteiger partial charge in [-0.25, -0.2) is 0 Å². The first kappa shape index (κ1) is 9.76. The van der Waals surface area contributed by atoms with Crippen LogP contribution in [0, 0.1) is 0 Å². The van der Waals surface area contributed by atoms with Crippen molar-refractivity contribution in [3.8, 4) is 6.01 Å². The van der Waals surface area contributed by atoms with Crippen LogP contribution in [0.4, 0.5) is 0 Å². The average molecular weight is 226 g/mol. The van der Waals surface area contributed by atoms with Crippen LogP contribution >= 0.6 is 0 Å². The SMILES string of the molecule is O=c1ccn2c(n1)OC1[C@H]2O[C@@H](CO)[C@H]1O. The first-order chi connectivity index (χ1) is 7.70. The van der Waals surface area contributed by atoms with E-state index in [1.807, 2.05) is 0 Å². The van der Waals surface area contributed by atoms with Crippen molar-refractivity contribution in [3.05, 3.63) is 22.6 Å². The summed E-state index contributed by atoms with van der Waals surface area (Å²) in [5.74, 6) is 0. The Morgan fingerprint density at radius 1 is 1.56 bits per heavy atom. The van der Waals surface area contributed by atoms with Crippen molar-refractivity contribution in [2.24, 2.45) is 0 Å². The molecule has 0 bridgehead atoms. The van der Waals surface area contributed by atoms with Gasteiger partial charge in [0.1, 0.15) is 12.2 Å². The zero-order valence-corrected chi connectivity index (χ0v) is 8.18. The van der Waals surface area contributed by atoms with Crippen LogP contribution in [0.2, 0.25) is 0 Å². The minimum atomic E-state index is -0.924. The van der Waals surface area contributed by atoms with E-state index in [1.54, 1.807) is 0 Å². The maximum Gasteiger partial charge on any atom is 0.302 e. The molecule has 2 N–H and O–H groups in total. The number of hydrogen-bond donors (Lipinski definition) is 2. The van der Waals surface area contributed by atoms with Gasteiger partial charge in [0.25, 0.3) is 5.56 Å². The van der Waals surface area contributed by atoms with Crippen molar-refractivity contribution in [1.82, 2.24) is 9.55 Å². The van der Waals surface area contributed by atoms with E-state index in [-0.39, 0.29) is 12.6 Å². The van der Waals surface area contributed by atoms with E-state index in [9.17, 15) is 9.90 Å².